The maximum Gasteiger partial charge on any atom is 0.416 e. The number of rotatable bonds is 1. The molecule has 1 aliphatic heterocycles. The highest BCUT2D eigenvalue weighted by molar-refractivity contribution is 5.60. The van der Waals surface area contributed by atoms with Crippen LogP contribution in [0.25, 0.3) is 0 Å². The van der Waals surface area contributed by atoms with Gasteiger partial charge in [-0.15, -0.1) is 0 Å². The minimum Gasteiger partial charge on any atom is -0.375 e. The van der Waals surface area contributed by atoms with Crippen LogP contribution in [0.1, 0.15) is 22.7 Å². The van der Waals surface area contributed by atoms with Gasteiger partial charge in [-0.25, -0.2) is 8.78 Å². The summed E-state index contributed by atoms with van der Waals surface area (Å²) < 4.78 is 65.9. The van der Waals surface area contributed by atoms with Crippen molar-refractivity contribution in [2.24, 2.45) is 0 Å². The van der Waals surface area contributed by atoms with Crippen LogP contribution in [0.15, 0.2) is 36.4 Å². The van der Waals surface area contributed by atoms with Crippen LogP contribution >= 0.6 is 0 Å². The second kappa shape index (κ2) is 4.72. The number of benzene rings is 2. The number of hydrogen-bond acceptors (Lipinski definition) is 1. The van der Waals surface area contributed by atoms with Crippen molar-refractivity contribution in [3.05, 3.63) is 64.7 Å². The molecule has 6 heteroatoms. The van der Waals surface area contributed by atoms with E-state index in [2.05, 4.69) is 5.32 Å². The fourth-order valence-corrected chi connectivity index (χ4v) is 2.64. The lowest BCUT2D eigenvalue weighted by Crippen LogP contribution is -2.15. The fourth-order valence-electron chi connectivity index (χ4n) is 2.64. The van der Waals surface area contributed by atoms with Gasteiger partial charge in [0.1, 0.15) is 11.6 Å². The minimum atomic E-state index is -4.49. The molecule has 110 valence electrons. The molecule has 0 aliphatic carbocycles. The number of fused-ring (bicyclic) bond motifs is 1. The lowest BCUT2D eigenvalue weighted by molar-refractivity contribution is -0.138. The van der Waals surface area contributed by atoms with Crippen molar-refractivity contribution >= 4 is 5.69 Å². The third-order valence-electron chi connectivity index (χ3n) is 3.52. The lowest BCUT2D eigenvalue weighted by Gasteiger charge is -2.18. The van der Waals surface area contributed by atoms with E-state index < -0.39 is 29.4 Å². The molecule has 2 aromatic rings. The summed E-state index contributed by atoms with van der Waals surface area (Å²) in [6.07, 6.45) is -4.38. The Kier molecular flexibility index (Phi) is 3.11. The van der Waals surface area contributed by atoms with Crippen molar-refractivity contribution in [3.8, 4) is 0 Å². The van der Waals surface area contributed by atoms with E-state index in [0.29, 0.717) is 11.6 Å². The van der Waals surface area contributed by atoms with Gasteiger partial charge in [-0.1, -0.05) is 18.2 Å². The lowest BCUT2D eigenvalue weighted by atomic mass is 9.97. The van der Waals surface area contributed by atoms with E-state index in [4.69, 9.17) is 0 Å². The normalized spacial score (nSPS) is 17.5. The summed E-state index contributed by atoms with van der Waals surface area (Å²) in [4.78, 5) is 0. The Bertz CT molecular complexity index is 693. The second-order valence-electron chi connectivity index (χ2n) is 4.91. The second-order valence-corrected chi connectivity index (χ2v) is 4.91. The third-order valence-corrected chi connectivity index (χ3v) is 3.52. The monoisotopic (exact) mass is 299 g/mol. The van der Waals surface area contributed by atoms with Crippen LogP contribution in [-0.2, 0) is 12.6 Å². The van der Waals surface area contributed by atoms with E-state index in [9.17, 15) is 22.0 Å². The molecule has 0 amide bonds. The average Bonchev–Trinajstić information content (AvgIpc) is 2.81. The summed E-state index contributed by atoms with van der Waals surface area (Å²) in [7, 11) is 0. The van der Waals surface area contributed by atoms with Crippen molar-refractivity contribution in [3.63, 3.8) is 0 Å². The number of halogens is 5. The van der Waals surface area contributed by atoms with Gasteiger partial charge < -0.3 is 5.32 Å². The number of nitrogens with one attached hydrogen (secondary N) is 1. The summed E-state index contributed by atoms with van der Waals surface area (Å²) in [6.45, 7) is 0. The van der Waals surface area contributed by atoms with Crippen LogP contribution in [-0.4, -0.2) is 0 Å². The molecule has 1 unspecified atom stereocenters. The van der Waals surface area contributed by atoms with Crippen molar-refractivity contribution in [1.82, 2.24) is 0 Å². The first kappa shape index (κ1) is 13.9. The van der Waals surface area contributed by atoms with E-state index >= 15 is 0 Å². The molecule has 0 radical (unpaired) electrons. The Hall–Kier alpha value is -2.11. The fraction of sp³-hybridized carbons (Fsp3) is 0.200. The Balaban J connectivity index is 2.01. The minimum absolute atomic E-state index is 0.0287. The summed E-state index contributed by atoms with van der Waals surface area (Å²) in [5, 5.41) is 2.72. The molecule has 1 atom stereocenters. The van der Waals surface area contributed by atoms with E-state index in [0.717, 1.165) is 12.1 Å². The molecular weight excluding hydrogens is 289 g/mol. The highest BCUT2D eigenvalue weighted by Gasteiger charge is 2.36. The van der Waals surface area contributed by atoms with Crippen LogP contribution in [0.5, 0.6) is 0 Å². The predicted octanol–water partition coefficient (Wildman–Crippen LogP) is 4.69. The highest BCUT2D eigenvalue weighted by Crippen LogP contribution is 2.41. The molecule has 1 nitrogen and oxygen atoms in total. The zero-order chi connectivity index (χ0) is 15.2. The number of alkyl halides is 3. The Morgan fingerprint density at radius 1 is 1.05 bits per heavy atom. The van der Waals surface area contributed by atoms with Crippen molar-refractivity contribution < 1.29 is 22.0 Å². The van der Waals surface area contributed by atoms with Crippen LogP contribution in [0.2, 0.25) is 0 Å². The molecule has 1 aliphatic rings. The van der Waals surface area contributed by atoms with Crippen LogP contribution in [0, 0.1) is 11.6 Å². The maximum absolute atomic E-state index is 13.7. The van der Waals surface area contributed by atoms with Gasteiger partial charge in [-0.05, 0) is 29.7 Å². The topological polar surface area (TPSA) is 12.0 Å². The zero-order valence-corrected chi connectivity index (χ0v) is 10.6. The molecule has 0 saturated heterocycles. The van der Waals surface area contributed by atoms with Crippen molar-refractivity contribution in [2.75, 3.05) is 5.32 Å². The smallest absolute Gasteiger partial charge is 0.375 e. The van der Waals surface area contributed by atoms with Crippen molar-refractivity contribution in [1.29, 1.82) is 0 Å². The van der Waals surface area contributed by atoms with E-state index in [1.54, 1.807) is 0 Å². The molecule has 1 N–H and O–H groups in total. The predicted molar refractivity (Wildman–Crippen MR) is 67.9 cm³/mol. The average molecular weight is 299 g/mol. The molecule has 21 heavy (non-hydrogen) atoms. The van der Waals surface area contributed by atoms with Crippen LogP contribution < -0.4 is 5.32 Å². The first-order valence-electron chi connectivity index (χ1n) is 6.27. The van der Waals surface area contributed by atoms with E-state index in [1.807, 2.05) is 0 Å². The van der Waals surface area contributed by atoms with Gasteiger partial charge in [-0.2, -0.15) is 13.2 Å². The third kappa shape index (κ3) is 2.46. The first-order chi connectivity index (χ1) is 9.86. The molecule has 2 aromatic carbocycles. The number of anilines is 1. The molecule has 3 rings (SSSR count). The maximum atomic E-state index is 13.7. The summed E-state index contributed by atoms with van der Waals surface area (Å²) in [6, 6.07) is 6.25. The molecule has 0 saturated carbocycles. The van der Waals surface area contributed by atoms with Gasteiger partial charge in [0.2, 0.25) is 0 Å². The van der Waals surface area contributed by atoms with E-state index in [1.165, 1.54) is 18.2 Å². The van der Waals surface area contributed by atoms with Gasteiger partial charge in [0, 0.05) is 6.07 Å². The van der Waals surface area contributed by atoms with Crippen LogP contribution in [0.4, 0.5) is 27.6 Å². The van der Waals surface area contributed by atoms with Crippen LogP contribution in [0.3, 0.4) is 0 Å². The molecule has 0 fully saturated rings. The standard InChI is InChI=1S/C15H10F5N/c16-9-5-8-6-13(21-14(8)12(17)7-9)10-3-1-2-4-11(10)15(18,19)20/h1-5,7,13,21H,6H2. The largest absolute Gasteiger partial charge is 0.416 e. The molecule has 0 bridgehead atoms. The Morgan fingerprint density at radius 2 is 1.76 bits per heavy atom. The van der Waals surface area contributed by atoms with Gasteiger partial charge >= 0.3 is 6.18 Å². The summed E-state index contributed by atoms with van der Waals surface area (Å²) in [5.41, 5.74) is -0.329. The summed E-state index contributed by atoms with van der Waals surface area (Å²) >= 11 is 0. The zero-order valence-electron chi connectivity index (χ0n) is 10.6. The van der Waals surface area contributed by atoms with Gasteiger partial charge in [0.15, 0.2) is 0 Å². The van der Waals surface area contributed by atoms with Gasteiger partial charge in [0.05, 0.1) is 17.3 Å². The molecule has 0 aromatic heterocycles. The van der Waals surface area contributed by atoms with Gasteiger partial charge in [0.25, 0.3) is 0 Å². The molecular formula is C15H10F5N. The van der Waals surface area contributed by atoms with Gasteiger partial charge in [-0.3, -0.25) is 0 Å². The highest BCUT2D eigenvalue weighted by atomic mass is 19.4. The van der Waals surface area contributed by atoms with E-state index in [-0.39, 0.29) is 17.7 Å². The Labute approximate surface area is 117 Å². The van der Waals surface area contributed by atoms with Crippen molar-refractivity contribution in [2.45, 2.75) is 18.6 Å². The Morgan fingerprint density at radius 3 is 2.48 bits per heavy atom. The SMILES string of the molecule is Fc1cc(F)c2c(c1)CC(c1ccccc1C(F)(F)F)N2. The molecule has 0 spiro atoms. The first-order valence-corrected chi connectivity index (χ1v) is 6.27. The summed E-state index contributed by atoms with van der Waals surface area (Å²) in [5.74, 6) is -1.53. The molecule has 1 heterocycles. The number of hydrogen-bond donors (Lipinski definition) is 1. The quantitative estimate of drug-likeness (QED) is 0.753.